The van der Waals surface area contributed by atoms with Crippen LogP contribution in [0, 0.1) is 6.92 Å². The highest BCUT2D eigenvalue weighted by molar-refractivity contribution is 6.12. The second-order valence-electron chi connectivity index (χ2n) is 11.9. The fraction of sp³-hybridized carbons (Fsp3) is 0.250. The minimum absolute atomic E-state index is 0.0347. The van der Waals surface area contributed by atoms with E-state index in [0.29, 0.717) is 57.5 Å². The third-order valence-electron chi connectivity index (χ3n) is 8.97. The molecule has 2 aliphatic heterocycles. The molecule has 2 amide bonds. The van der Waals surface area contributed by atoms with E-state index in [0.717, 1.165) is 12.0 Å². The van der Waals surface area contributed by atoms with Crippen molar-refractivity contribution in [3.63, 3.8) is 0 Å². The van der Waals surface area contributed by atoms with Gasteiger partial charge in [-0.15, -0.1) is 0 Å². The normalized spacial score (nSPS) is 15.1. The summed E-state index contributed by atoms with van der Waals surface area (Å²) >= 11 is 0. The Morgan fingerprint density at radius 2 is 1.70 bits per heavy atom. The number of aryl methyl sites for hydroxylation is 1. The van der Waals surface area contributed by atoms with Gasteiger partial charge in [0.25, 0.3) is 11.8 Å². The second kappa shape index (κ2) is 12.0. The van der Waals surface area contributed by atoms with Gasteiger partial charge in [-0.1, -0.05) is 24.3 Å². The molecule has 0 unspecified atom stereocenters. The standard InChI is InChI=1S/C36H35N5O6/c1-22-14-24-6-4-5-7-25(24)19-40(22)35(44)31-17-34-33(46-21-47-34)16-30(31)32-15-29(23(2)39(32)12-13-42)36(45)41(27-18-37-38(3)20-27)26-8-10-28(43)11-9-26/h4-11,15-18,20,22,42-43H,12-14,19,21H2,1-3H3/t22-/m1/s1. The SMILES string of the molecule is Cc1c(C(=O)N(c2ccc(O)cc2)c2cnn(C)c2)cc(-c2cc3c(cc2C(=O)N2Cc4ccccc4C[C@H]2C)OCO3)n1CCO. The van der Waals surface area contributed by atoms with Crippen molar-refractivity contribution in [2.24, 2.45) is 7.05 Å². The first kappa shape index (κ1) is 30.1. The Morgan fingerprint density at radius 1 is 0.979 bits per heavy atom. The number of anilines is 2. The van der Waals surface area contributed by atoms with Gasteiger partial charge in [-0.2, -0.15) is 5.10 Å². The lowest BCUT2D eigenvalue weighted by Crippen LogP contribution is -2.42. The number of phenols is 1. The van der Waals surface area contributed by atoms with Crippen LogP contribution in [0.25, 0.3) is 11.3 Å². The van der Waals surface area contributed by atoms with Gasteiger partial charge in [0.15, 0.2) is 11.5 Å². The monoisotopic (exact) mass is 633 g/mol. The fourth-order valence-corrected chi connectivity index (χ4v) is 6.54. The highest BCUT2D eigenvalue weighted by atomic mass is 16.7. The average molecular weight is 634 g/mol. The van der Waals surface area contributed by atoms with Gasteiger partial charge in [0.05, 0.1) is 35.3 Å². The van der Waals surface area contributed by atoms with E-state index in [1.54, 1.807) is 54.5 Å². The topological polar surface area (TPSA) is 122 Å². The van der Waals surface area contributed by atoms with Crippen LogP contribution in [-0.4, -0.2) is 60.7 Å². The van der Waals surface area contributed by atoms with Crippen molar-refractivity contribution in [3.8, 4) is 28.5 Å². The highest BCUT2D eigenvalue weighted by Gasteiger charge is 2.33. The zero-order valence-corrected chi connectivity index (χ0v) is 26.4. The van der Waals surface area contributed by atoms with E-state index in [4.69, 9.17) is 9.47 Å². The molecule has 0 saturated carbocycles. The predicted octanol–water partition coefficient (Wildman–Crippen LogP) is 5.19. The summed E-state index contributed by atoms with van der Waals surface area (Å²) in [5.74, 6) is 0.548. The molecular formula is C36H35N5O6. The quantitative estimate of drug-likeness (QED) is 0.253. The minimum Gasteiger partial charge on any atom is -0.508 e. The molecule has 11 heteroatoms. The number of aliphatic hydroxyl groups is 1. The van der Waals surface area contributed by atoms with Crippen molar-refractivity contribution in [2.75, 3.05) is 18.3 Å². The van der Waals surface area contributed by atoms with Crippen LogP contribution in [-0.2, 0) is 26.6 Å². The number of aliphatic hydroxyl groups excluding tert-OH is 1. The van der Waals surface area contributed by atoms with Crippen molar-refractivity contribution >= 4 is 23.2 Å². The maximum Gasteiger partial charge on any atom is 0.264 e. The number of ether oxygens (including phenoxy) is 2. The molecule has 47 heavy (non-hydrogen) atoms. The van der Waals surface area contributed by atoms with Gasteiger partial charge >= 0.3 is 0 Å². The van der Waals surface area contributed by atoms with Crippen molar-refractivity contribution in [1.29, 1.82) is 0 Å². The maximum absolute atomic E-state index is 14.5. The van der Waals surface area contributed by atoms with E-state index in [2.05, 4.69) is 17.2 Å². The molecule has 2 N–H and O–H groups in total. The number of rotatable bonds is 7. The summed E-state index contributed by atoms with van der Waals surface area (Å²) in [4.78, 5) is 32.4. The van der Waals surface area contributed by atoms with E-state index in [1.807, 2.05) is 35.4 Å². The first-order valence-corrected chi connectivity index (χ1v) is 15.5. The lowest BCUT2D eigenvalue weighted by Gasteiger charge is -2.35. The lowest BCUT2D eigenvalue weighted by atomic mass is 9.93. The predicted molar refractivity (Wildman–Crippen MR) is 175 cm³/mol. The van der Waals surface area contributed by atoms with Crippen molar-refractivity contribution in [1.82, 2.24) is 19.2 Å². The highest BCUT2D eigenvalue weighted by Crippen LogP contribution is 2.42. The van der Waals surface area contributed by atoms with Crippen molar-refractivity contribution < 1.29 is 29.3 Å². The van der Waals surface area contributed by atoms with Crippen LogP contribution >= 0.6 is 0 Å². The number of aromatic nitrogens is 3. The molecule has 0 fully saturated rings. The number of carbonyl (C=O) groups excluding carboxylic acids is 2. The van der Waals surface area contributed by atoms with E-state index in [9.17, 15) is 19.8 Å². The van der Waals surface area contributed by atoms with Gasteiger partial charge in [-0.3, -0.25) is 19.2 Å². The minimum atomic E-state index is -0.339. The van der Waals surface area contributed by atoms with E-state index < -0.39 is 0 Å². The summed E-state index contributed by atoms with van der Waals surface area (Å²) < 4.78 is 14.9. The molecular weight excluding hydrogens is 598 g/mol. The molecule has 11 nitrogen and oxygen atoms in total. The van der Waals surface area contributed by atoms with Crippen LogP contribution in [0.5, 0.6) is 17.2 Å². The Hall–Kier alpha value is -5.55. The number of carbonyl (C=O) groups is 2. The second-order valence-corrected chi connectivity index (χ2v) is 11.9. The first-order valence-electron chi connectivity index (χ1n) is 15.5. The third-order valence-corrected chi connectivity index (χ3v) is 8.97. The summed E-state index contributed by atoms with van der Waals surface area (Å²) in [6, 6.07) is 19.8. The Morgan fingerprint density at radius 3 is 2.40 bits per heavy atom. The van der Waals surface area contributed by atoms with Crippen LogP contribution < -0.4 is 14.4 Å². The summed E-state index contributed by atoms with van der Waals surface area (Å²) in [7, 11) is 1.77. The van der Waals surface area contributed by atoms with Crippen LogP contribution in [0.4, 0.5) is 11.4 Å². The molecule has 7 rings (SSSR count). The first-order chi connectivity index (χ1) is 22.7. The Labute approximate surface area is 271 Å². The van der Waals surface area contributed by atoms with E-state index in [-0.39, 0.29) is 43.6 Å². The smallest absolute Gasteiger partial charge is 0.264 e. The number of hydrogen-bond acceptors (Lipinski definition) is 7. The summed E-state index contributed by atoms with van der Waals surface area (Å²) in [6.07, 6.45) is 4.07. The van der Waals surface area contributed by atoms with Crippen molar-refractivity contribution in [2.45, 2.75) is 39.4 Å². The number of fused-ring (bicyclic) bond motifs is 2. The van der Waals surface area contributed by atoms with E-state index >= 15 is 0 Å². The maximum atomic E-state index is 14.5. The van der Waals surface area contributed by atoms with Gasteiger partial charge in [-0.05, 0) is 73.9 Å². The van der Waals surface area contributed by atoms with Crippen LogP contribution in [0.15, 0.2) is 79.1 Å². The molecule has 5 aromatic rings. The molecule has 2 aliphatic rings. The zero-order chi connectivity index (χ0) is 32.8. The van der Waals surface area contributed by atoms with Gasteiger partial charge in [0.1, 0.15) is 5.75 Å². The molecule has 0 radical (unpaired) electrons. The molecule has 2 aromatic heterocycles. The largest absolute Gasteiger partial charge is 0.508 e. The summed E-state index contributed by atoms with van der Waals surface area (Å²) in [5, 5.41) is 24.4. The number of nitrogens with zero attached hydrogens (tertiary/aromatic N) is 5. The van der Waals surface area contributed by atoms with E-state index in [1.165, 1.54) is 22.6 Å². The molecule has 0 aliphatic carbocycles. The molecule has 3 aromatic carbocycles. The number of benzene rings is 3. The Kier molecular flexibility index (Phi) is 7.69. The Bertz CT molecular complexity index is 2000. The number of hydrogen-bond donors (Lipinski definition) is 2. The van der Waals surface area contributed by atoms with Crippen LogP contribution in [0.1, 0.15) is 44.5 Å². The number of amides is 2. The lowest BCUT2D eigenvalue weighted by molar-refractivity contribution is 0.0658. The van der Waals surface area contributed by atoms with Crippen LogP contribution in [0.3, 0.4) is 0 Å². The molecule has 0 saturated heterocycles. The summed E-state index contributed by atoms with van der Waals surface area (Å²) in [5.41, 5.74) is 5.98. The number of phenolic OH excluding ortho intramolecular Hbond substituents is 1. The van der Waals surface area contributed by atoms with Gasteiger partial charge in [-0.25, -0.2) is 0 Å². The summed E-state index contributed by atoms with van der Waals surface area (Å²) in [6.45, 7) is 4.38. The van der Waals surface area contributed by atoms with Crippen molar-refractivity contribution in [3.05, 3.63) is 107 Å². The third kappa shape index (κ3) is 5.38. The average Bonchev–Trinajstić information content (AvgIpc) is 3.79. The molecule has 240 valence electrons. The molecule has 0 spiro atoms. The molecule has 0 bridgehead atoms. The fourth-order valence-electron chi connectivity index (χ4n) is 6.54. The Balaban J connectivity index is 1.35. The van der Waals surface area contributed by atoms with Gasteiger partial charge in [0.2, 0.25) is 6.79 Å². The molecule has 4 heterocycles. The van der Waals surface area contributed by atoms with Gasteiger partial charge in [0, 0.05) is 49.3 Å². The van der Waals surface area contributed by atoms with Gasteiger partial charge < -0.3 is 29.2 Å². The zero-order valence-electron chi connectivity index (χ0n) is 26.4. The number of aromatic hydroxyl groups is 1. The molecule has 1 atom stereocenters. The van der Waals surface area contributed by atoms with Crippen LogP contribution in [0.2, 0.25) is 0 Å².